The van der Waals surface area contributed by atoms with Crippen molar-refractivity contribution in [2.24, 2.45) is 5.92 Å². The number of H-pyrrole nitrogens is 1. The molecule has 2 saturated heterocycles. The number of ether oxygens (including phenoxy) is 2. The van der Waals surface area contributed by atoms with Gasteiger partial charge in [-0.05, 0) is 74.1 Å². The molecule has 2 aliphatic heterocycles. The van der Waals surface area contributed by atoms with Crippen molar-refractivity contribution in [1.82, 2.24) is 45.2 Å². The molecule has 18 heteroatoms. The molecule has 2 fully saturated rings. The Kier molecular flexibility index (Phi) is 17.9. The van der Waals surface area contributed by atoms with E-state index in [0.29, 0.717) is 73.7 Å². The van der Waals surface area contributed by atoms with Crippen LogP contribution in [0, 0.1) is 5.92 Å². The highest BCUT2D eigenvalue weighted by Gasteiger charge is 2.38. The maximum absolute atomic E-state index is 13.8. The topological polar surface area (TPSA) is 223 Å². The van der Waals surface area contributed by atoms with Crippen molar-refractivity contribution in [3.63, 3.8) is 0 Å². The molecule has 6 aromatic rings. The number of β-amino-alcohol motifs (C(OH)–C–C–N with tert-alkyl or cyclic N) is 1. The molecule has 0 saturated carbocycles. The van der Waals surface area contributed by atoms with Crippen LogP contribution >= 0.6 is 0 Å². The molecule has 5 atom stereocenters. The van der Waals surface area contributed by atoms with Crippen molar-refractivity contribution in [1.29, 1.82) is 0 Å². The van der Waals surface area contributed by atoms with Crippen LogP contribution in [0.4, 0.5) is 0 Å². The minimum Gasteiger partial charge on any atom is -0.494 e. The van der Waals surface area contributed by atoms with E-state index in [1.54, 1.807) is 23.2 Å². The zero-order valence-corrected chi connectivity index (χ0v) is 43.9. The van der Waals surface area contributed by atoms with Gasteiger partial charge in [0.2, 0.25) is 17.7 Å². The summed E-state index contributed by atoms with van der Waals surface area (Å²) >= 11 is 0. The number of hydrogen-bond acceptors (Lipinski definition) is 13. The Bertz CT molecular complexity index is 2940. The van der Waals surface area contributed by atoms with Gasteiger partial charge in [-0.1, -0.05) is 78.9 Å². The number of benzene rings is 3. The number of fused-ring (bicyclic) bond motifs is 2. The maximum atomic E-state index is 13.8. The molecule has 4 amide bonds. The second-order valence-corrected chi connectivity index (χ2v) is 20.6. The van der Waals surface area contributed by atoms with Gasteiger partial charge in [-0.25, -0.2) is 4.98 Å². The van der Waals surface area contributed by atoms with Crippen molar-refractivity contribution in [2.45, 2.75) is 76.4 Å². The number of rotatable bonds is 16. The fourth-order valence-electron chi connectivity index (χ4n) is 10.3. The van der Waals surface area contributed by atoms with Crippen LogP contribution in [-0.4, -0.2) is 165 Å². The summed E-state index contributed by atoms with van der Waals surface area (Å²) in [5, 5.41) is 29.0. The van der Waals surface area contributed by atoms with Crippen molar-refractivity contribution in [2.75, 3.05) is 66.6 Å². The Labute approximate surface area is 443 Å². The van der Waals surface area contributed by atoms with E-state index in [1.165, 1.54) is 31.5 Å². The third-order valence-electron chi connectivity index (χ3n) is 14.1. The quantitative estimate of drug-likeness (QED) is 0.0661. The van der Waals surface area contributed by atoms with Crippen LogP contribution < -0.4 is 20.1 Å². The number of aromatic amines is 1. The van der Waals surface area contributed by atoms with E-state index in [2.05, 4.69) is 35.4 Å². The molecule has 0 unspecified atom stereocenters. The third-order valence-corrected chi connectivity index (χ3v) is 14.1. The van der Waals surface area contributed by atoms with Gasteiger partial charge in [-0.3, -0.25) is 38.8 Å². The number of pyridine rings is 2. The Morgan fingerprint density at radius 1 is 0.816 bits per heavy atom. The number of carbonyl (C=O) groups is 5. The summed E-state index contributed by atoms with van der Waals surface area (Å²) in [6.07, 6.45) is 6.17. The minimum absolute atomic E-state index is 0.0712. The van der Waals surface area contributed by atoms with Gasteiger partial charge in [0.05, 0.1) is 49.6 Å². The standard InChI is InChI=1S/C36H47N5O4.C22H22N4O5/c1-36(2,3)39-35(45)31-24-40(22-26-12-9-15-37-21-26)16-17-41(31)23-29(42)19-28(18-25-10-5-4-6-11-25)34(44)38-33-30-14-8-7-13-27(30)20-32(33)43;1-30-16-13-24-20(31-2)18-17(16)15(12-23-18)19(27)22(29)26-10-8-25(9-11-26)21(28)14-6-4-3-5-7-14/h4-15,21,28-29,31-33,42-43H,16-20,22-24H2,1-3H3,(H,38,44)(H,39,45);3-7,12-13,23H,8-11H2,1-2H3/t28-,29-,31-,32+,33-;/m0./s1. The van der Waals surface area contributed by atoms with Gasteiger partial charge in [0.1, 0.15) is 17.3 Å². The van der Waals surface area contributed by atoms with Gasteiger partial charge in [0.25, 0.3) is 17.6 Å². The molecule has 3 aromatic carbocycles. The molecule has 5 N–H and O–H groups in total. The molecular weight excluding hydrogens is 967 g/mol. The summed E-state index contributed by atoms with van der Waals surface area (Å²) in [6.45, 7) is 10.0. The maximum Gasteiger partial charge on any atom is 0.295 e. The highest BCUT2D eigenvalue weighted by Crippen LogP contribution is 2.34. The van der Waals surface area contributed by atoms with E-state index in [4.69, 9.17) is 9.47 Å². The Hall–Kier alpha value is -7.51. The van der Waals surface area contributed by atoms with Crippen LogP contribution in [0.3, 0.4) is 0 Å². The van der Waals surface area contributed by atoms with Crippen molar-refractivity contribution >= 4 is 40.3 Å². The van der Waals surface area contributed by atoms with Gasteiger partial charge in [0.15, 0.2) is 0 Å². The first-order valence-corrected chi connectivity index (χ1v) is 25.8. The molecule has 5 heterocycles. The van der Waals surface area contributed by atoms with Crippen LogP contribution in [0.15, 0.2) is 122 Å². The molecule has 0 spiro atoms. The lowest BCUT2D eigenvalue weighted by Crippen LogP contribution is -2.61. The summed E-state index contributed by atoms with van der Waals surface area (Å²) in [7, 11) is 2.94. The Morgan fingerprint density at radius 2 is 1.50 bits per heavy atom. The van der Waals surface area contributed by atoms with E-state index >= 15 is 0 Å². The summed E-state index contributed by atoms with van der Waals surface area (Å²) in [4.78, 5) is 84.7. The summed E-state index contributed by atoms with van der Waals surface area (Å²) in [5.41, 5.74) is 4.96. The van der Waals surface area contributed by atoms with Crippen molar-refractivity contribution in [3.05, 3.63) is 155 Å². The number of nitrogens with one attached hydrogen (secondary N) is 3. The lowest BCUT2D eigenvalue weighted by molar-refractivity contribution is -0.132. The number of piperazine rings is 2. The smallest absolute Gasteiger partial charge is 0.295 e. The van der Waals surface area contributed by atoms with E-state index in [-0.39, 0.29) is 49.3 Å². The first-order valence-electron chi connectivity index (χ1n) is 25.8. The highest BCUT2D eigenvalue weighted by atomic mass is 16.5. The number of aliphatic hydroxyl groups excluding tert-OH is 2. The molecule has 3 aromatic heterocycles. The zero-order chi connectivity index (χ0) is 53.9. The number of carbonyl (C=O) groups excluding carboxylic acids is 5. The number of hydrogen-bond donors (Lipinski definition) is 5. The monoisotopic (exact) mass is 1040 g/mol. The van der Waals surface area contributed by atoms with Crippen LogP contribution in [0.2, 0.25) is 0 Å². The van der Waals surface area contributed by atoms with Crippen molar-refractivity contribution in [3.8, 4) is 11.6 Å². The zero-order valence-electron chi connectivity index (χ0n) is 43.9. The van der Waals surface area contributed by atoms with E-state index in [0.717, 1.165) is 28.8 Å². The van der Waals surface area contributed by atoms with Crippen molar-refractivity contribution < 1.29 is 43.7 Å². The molecule has 1 aliphatic carbocycles. The summed E-state index contributed by atoms with van der Waals surface area (Å²) < 4.78 is 10.5. The number of Topliss-reactive ketones (excluding diaryl/α,β-unsaturated/α-hetero) is 1. The largest absolute Gasteiger partial charge is 0.494 e. The average molecular weight is 1040 g/mol. The van der Waals surface area contributed by atoms with Gasteiger partial charge < -0.3 is 45.1 Å². The predicted molar refractivity (Wildman–Crippen MR) is 287 cm³/mol. The number of aliphatic hydroxyl groups is 2. The van der Waals surface area contributed by atoms with E-state index in [9.17, 15) is 34.2 Å². The molecule has 9 rings (SSSR count). The lowest BCUT2D eigenvalue weighted by atomic mass is 9.91. The van der Waals surface area contributed by atoms with Gasteiger partial charge in [-0.15, -0.1) is 0 Å². The minimum atomic E-state index is -0.833. The molecule has 18 nitrogen and oxygen atoms in total. The molecule has 3 aliphatic rings. The summed E-state index contributed by atoms with van der Waals surface area (Å²) in [5.74, 6) is -1.47. The second kappa shape index (κ2) is 24.9. The number of aromatic nitrogens is 3. The number of methoxy groups -OCH3 is 2. The van der Waals surface area contributed by atoms with E-state index in [1.807, 2.05) is 112 Å². The second-order valence-electron chi connectivity index (χ2n) is 20.6. The Balaban J connectivity index is 0.000000215. The first-order chi connectivity index (χ1) is 36.6. The SMILES string of the molecule is CC(C)(C)NC(=O)[C@@H]1CN(Cc2cccnc2)CCN1C[C@@H](O)C[C@H](Cc1ccccc1)C(=O)N[C@H]1c2ccccc2C[C@H]1O.COc1ncc(OC)c2c(C(=O)C(=O)N3CCN(C(=O)c4ccccc4)CC3)c[nH]c12. The lowest BCUT2D eigenvalue weighted by Gasteiger charge is -2.42. The molecule has 76 heavy (non-hydrogen) atoms. The molecule has 0 bridgehead atoms. The normalized spacial score (nSPS) is 18.6. The summed E-state index contributed by atoms with van der Waals surface area (Å²) in [6, 6.07) is 29.6. The van der Waals surface area contributed by atoms with Gasteiger partial charge in [-0.2, -0.15) is 0 Å². The van der Waals surface area contributed by atoms with Crippen LogP contribution in [0.25, 0.3) is 10.9 Å². The fourth-order valence-corrected chi connectivity index (χ4v) is 10.3. The molecular formula is C58H69N9O9. The van der Waals surface area contributed by atoms with Crippen LogP contribution in [0.1, 0.15) is 76.2 Å². The van der Waals surface area contributed by atoms with E-state index < -0.39 is 47.4 Å². The fraction of sp³-hybridized carbons (Fsp3) is 0.397. The van der Waals surface area contributed by atoms with Crippen LogP contribution in [-0.2, 0) is 33.8 Å². The molecule has 0 radical (unpaired) electrons. The average Bonchev–Trinajstić information content (AvgIpc) is 4.01. The number of nitrogens with zero attached hydrogens (tertiary/aromatic N) is 6. The van der Waals surface area contributed by atoms with Crippen LogP contribution in [0.5, 0.6) is 11.6 Å². The highest BCUT2D eigenvalue weighted by molar-refractivity contribution is 6.45. The number of ketones is 1. The Morgan fingerprint density at radius 3 is 2.18 bits per heavy atom. The third kappa shape index (κ3) is 13.5. The van der Waals surface area contributed by atoms with Gasteiger partial charge in [0, 0.05) is 101 Å². The van der Waals surface area contributed by atoms with Gasteiger partial charge >= 0.3 is 0 Å². The molecule has 400 valence electrons. The number of amides is 4. The first kappa shape index (κ1) is 54.7. The predicted octanol–water partition coefficient (Wildman–Crippen LogP) is 4.61.